The second kappa shape index (κ2) is 5.32. The molecule has 0 amide bonds. The number of hydrogen-bond donors (Lipinski definition) is 1. The molecule has 1 rings (SSSR count). The Kier molecular flexibility index (Phi) is 4.35. The van der Waals surface area contributed by atoms with Crippen molar-refractivity contribution in [3.05, 3.63) is 29.3 Å². The molecule has 0 atom stereocenters. The average Bonchev–Trinajstić information content (AvgIpc) is 2.16. The molecular weight excluding hydrogens is 262 g/mol. The summed E-state index contributed by atoms with van der Waals surface area (Å²) >= 11 is 4.94. The number of hydrogen-bond acceptors (Lipinski definition) is 3. The standard InChI is InChI=1S/C10H12BrNOS/c1-7(11)6-14-10-5-8(13-2)3-4-9(10)12/h3-5H,1,6,12H2,2H3. The van der Waals surface area contributed by atoms with Gasteiger partial charge in [-0.1, -0.05) is 22.5 Å². The van der Waals surface area contributed by atoms with Crippen LogP contribution < -0.4 is 10.5 Å². The van der Waals surface area contributed by atoms with Gasteiger partial charge in [0, 0.05) is 16.3 Å². The number of halogens is 1. The Labute approximate surface area is 96.6 Å². The van der Waals surface area contributed by atoms with Crippen LogP contribution in [0.2, 0.25) is 0 Å². The van der Waals surface area contributed by atoms with Crippen LogP contribution in [0.1, 0.15) is 0 Å². The van der Waals surface area contributed by atoms with E-state index in [1.54, 1.807) is 18.9 Å². The van der Waals surface area contributed by atoms with E-state index < -0.39 is 0 Å². The molecule has 0 saturated carbocycles. The van der Waals surface area contributed by atoms with Crippen LogP contribution in [0, 0.1) is 0 Å². The van der Waals surface area contributed by atoms with Crippen molar-refractivity contribution in [3.8, 4) is 5.75 Å². The normalized spacial score (nSPS) is 9.86. The molecule has 0 aliphatic heterocycles. The third-order valence-corrected chi connectivity index (χ3v) is 3.41. The fourth-order valence-electron chi connectivity index (χ4n) is 0.923. The van der Waals surface area contributed by atoms with Crippen molar-refractivity contribution in [1.29, 1.82) is 0 Å². The molecule has 1 aromatic carbocycles. The van der Waals surface area contributed by atoms with Gasteiger partial charge < -0.3 is 10.5 Å². The number of benzene rings is 1. The maximum Gasteiger partial charge on any atom is 0.120 e. The topological polar surface area (TPSA) is 35.2 Å². The van der Waals surface area contributed by atoms with Crippen LogP contribution >= 0.6 is 27.7 Å². The largest absolute Gasteiger partial charge is 0.497 e. The van der Waals surface area contributed by atoms with Crippen LogP contribution in [0.5, 0.6) is 5.75 Å². The monoisotopic (exact) mass is 273 g/mol. The fraction of sp³-hybridized carbons (Fsp3) is 0.200. The third-order valence-electron chi connectivity index (χ3n) is 1.61. The first-order chi connectivity index (χ1) is 6.63. The molecule has 0 radical (unpaired) electrons. The highest BCUT2D eigenvalue weighted by molar-refractivity contribution is 9.11. The molecular formula is C10H12BrNOS. The molecule has 76 valence electrons. The van der Waals surface area contributed by atoms with Crippen LogP contribution in [-0.2, 0) is 0 Å². The van der Waals surface area contributed by atoms with Gasteiger partial charge in [-0.2, -0.15) is 0 Å². The second-order valence-corrected chi connectivity index (χ2v) is 4.85. The summed E-state index contributed by atoms with van der Waals surface area (Å²) in [5, 5.41) is 0. The highest BCUT2D eigenvalue weighted by atomic mass is 79.9. The first-order valence-corrected chi connectivity index (χ1v) is 5.81. The second-order valence-electron chi connectivity index (χ2n) is 2.71. The van der Waals surface area contributed by atoms with Crippen molar-refractivity contribution in [2.45, 2.75) is 4.90 Å². The van der Waals surface area contributed by atoms with Crippen molar-refractivity contribution in [2.24, 2.45) is 0 Å². The van der Waals surface area contributed by atoms with E-state index in [4.69, 9.17) is 10.5 Å². The quantitative estimate of drug-likeness (QED) is 0.676. The summed E-state index contributed by atoms with van der Waals surface area (Å²) in [5.41, 5.74) is 6.58. The number of methoxy groups -OCH3 is 1. The minimum atomic E-state index is 0.768. The minimum Gasteiger partial charge on any atom is -0.497 e. The molecule has 0 heterocycles. The minimum absolute atomic E-state index is 0.768. The zero-order valence-electron chi connectivity index (χ0n) is 7.92. The van der Waals surface area contributed by atoms with Crippen molar-refractivity contribution < 1.29 is 4.74 Å². The van der Waals surface area contributed by atoms with Gasteiger partial charge in [0.25, 0.3) is 0 Å². The molecule has 0 unspecified atom stereocenters. The van der Waals surface area contributed by atoms with E-state index in [9.17, 15) is 0 Å². The fourth-order valence-corrected chi connectivity index (χ4v) is 2.01. The average molecular weight is 274 g/mol. The molecule has 0 aromatic heterocycles. The van der Waals surface area contributed by atoms with Gasteiger partial charge in [0.05, 0.1) is 7.11 Å². The van der Waals surface area contributed by atoms with Gasteiger partial charge >= 0.3 is 0 Å². The first kappa shape index (κ1) is 11.5. The van der Waals surface area contributed by atoms with E-state index >= 15 is 0 Å². The number of rotatable bonds is 4. The van der Waals surface area contributed by atoms with Gasteiger partial charge in [0.15, 0.2) is 0 Å². The zero-order chi connectivity index (χ0) is 10.6. The van der Waals surface area contributed by atoms with Crippen molar-refractivity contribution >= 4 is 33.4 Å². The van der Waals surface area contributed by atoms with Crippen molar-refractivity contribution in [3.63, 3.8) is 0 Å². The lowest BCUT2D eigenvalue weighted by molar-refractivity contribution is 0.414. The van der Waals surface area contributed by atoms with Gasteiger partial charge in [-0.05, 0) is 22.7 Å². The van der Waals surface area contributed by atoms with Gasteiger partial charge in [-0.25, -0.2) is 0 Å². The number of ether oxygens (including phenoxy) is 1. The van der Waals surface area contributed by atoms with Gasteiger partial charge in [0.2, 0.25) is 0 Å². The molecule has 0 fully saturated rings. The summed E-state index contributed by atoms with van der Waals surface area (Å²) < 4.78 is 6.06. The Bertz CT molecular complexity index is 341. The number of nitrogens with two attached hydrogens (primary N) is 1. The van der Waals surface area contributed by atoms with Gasteiger partial charge in [-0.3, -0.25) is 0 Å². The highest BCUT2D eigenvalue weighted by Crippen LogP contribution is 2.30. The first-order valence-electron chi connectivity index (χ1n) is 4.03. The molecule has 2 N–H and O–H groups in total. The van der Waals surface area contributed by atoms with Crippen molar-refractivity contribution in [1.82, 2.24) is 0 Å². The Hall–Kier alpha value is -0.610. The zero-order valence-corrected chi connectivity index (χ0v) is 10.3. The molecule has 0 aliphatic rings. The maximum atomic E-state index is 5.81. The molecule has 0 bridgehead atoms. The SMILES string of the molecule is C=C(Br)CSc1cc(OC)ccc1N. The lowest BCUT2D eigenvalue weighted by atomic mass is 10.3. The molecule has 0 aliphatic carbocycles. The van der Waals surface area contributed by atoms with E-state index in [2.05, 4.69) is 22.5 Å². The van der Waals surface area contributed by atoms with Crippen LogP contribution in [0.4, 0.5) is 5.69 Å². The van der Waals surface area contributed by atoms with Crippen LogP contribution in [-0.4, -0.2) is 12.9 Å². The smallest absolute Gasteiger partial charge is 0.120 e. The number of thioether (sulfide) groups is 1. The highest BCUT2D eigenvalue weighted by Gasteiger charge is 2.02. The van der Waals surface area contributed by atoms with Crippen LogP contribution in [0.3, 0.4) is 0 Å². The lowest BCUT2D eigenvalue weighted by Crippen LogP contribution is -1.91. The number of anilines is 1. The lowest BCUT2D eigenvalue weighted by Gasteiger charge is -2.07. The number of nitrogen functional groups attached to an aromatic ring is 1. The van der Waals surface area contributed by atoms with Gasteiger partial charge in [-0.15, -0.1) is 11.8 Å². The van der Waals surface area contributed by atoms with E-state index in [0.29, 0.717) is 0 Å². The summed E-state index contributed by atoms with van der Waals surface area (Å²) in [4.78, 5) is 1.02. The van der Waals surface area contributed by atoms with E-state index in [-0.39, 0.29) is 0 Å². The van der Waals surface area contributed by atoms with Crippen LogP contribution in [0.25, 0.3) is 0 Å². The molecule has 4 heteroatoms. The molecule has 14 heavy (non-hydrogen) atoms. The molecule has 0 saturated heterocycles. The summed E-state index contributed by atoms with van der Waals surface area (Å²) in [6.07, 6.45) is 0. The van der Waals surface area contributed by atoms with E-state index in [0.717, 1.165) is 26.6 Å². The van der Waals surface area contributed by atoms with Crippen molar-refractivity contribution in [2.75, 3.05) is 18.6 Å². The Balaban J connectivity index is 2.78. The molecule has 1 aromatic rings. The van der Waals surface area contributed by atoms with Gasteiger partial charge in [0.1, 0.15) is 5.75 Å². The Morgan fingerprint density at radius 1 is 1.64 bits per heavy atom. The maximum absolute atomic E-state index is 5.81. The summed E-state index contributed by atoms with van der Waals surface area (Å²) in [7, 11) is 1.64. The summed E-state index contributed by atoms with van der Waals surface area (Å²) in [6.45, 7) is 3.77. The third kappa shape index (κ3) is 3.27. The summed E-state index contributed by atoms with van der Waals surface area (Å²) in [5.74, 6) is 1.62. The van der Waals surface area contributed by atoms with E-state index in [1.165, 1.54) is 0 Å². The Morgan fingerprint density at radius 3 is 2.93 bits per heavy atom. The predicted octanol–water partition coefficient (Wildman–Crippen LogP) is 3.28. The predicted molar refractivity (Wildman–Crippen MR) is 66.2 cm³/mol. The molecule has 2 nitrogen and oxygen atoms in total. The summed E-state index contributed by atoms with van der Waals surface area (Å²) in [6, 6.07) is 5.62. The van der Waals surface area contributed by atoms with E-state index in [1.807, 2.05) is 18.2 Å². The molecule has 0 spiro atoms. The van der Waals surface area contributed by atoms with Crippen LogP contribution in [0.15, 0.2) is 34.2 Å². The Morgan fingerprint density at radius 2 is 2.36 bits per heavy atom.